The Labute approximate surface area is 49.6 Å². The molecule has 0 saturated heterocycles. The Kier molecular flexibility index (Phi) is 12.5. The highest BCUT2D eigenvalue weighted by molar-refractivity contribution is 5.49. The maximum Gasteiger partial charge on any atom is 0.0812 e. The molecule has 0 amide bonds. The van der Waals surface area contributed by atoms with Gasteiger partial charge in [-0.15, -0.1) is 0 Å². The lowest BCUT2D eigenvalue weighted by Crippen LogP contribution is -2.05. The van der Waals surface area contributed by atoms with Crippen molar-refractivity contribution in [3.8, 4) is 0 Å². The largest absolute Gasteiger partial charge is 0.369 e. The Morgan fingerprint density at radius 3 is 1.75 bits per heavy atom. The van der Waals surface area contributed by atoms with Crippen molar-refractivity contribution < 1.29 is 5.21 Å². The van der Waals surface area contributed by atoms with Crippen molar-refractivity contribution in [2.45, 2.75) is 0 Å². The molecule has 0 atom stereocenters. The maximum absolute atomic E-state index is 7.32. The molecule has 0 spiro atoms. The molecule has 8 heavy (non-hydrogen) atoms. The van der Waals surface area contributed by atoms with E-state index in [1.54, 1.807) is 10.4 Å². The molecule has 0 rings (SSSR count). The highest BCUT2D eigenvalue weighted by Gasteiger charge is 1.64. The summed E-state index contributed by atoms with van der Waals surface area (Å²) in [7, 11) is 5.06. The standard InChI is InChI=1S/C3H8N2.CH5NO/c1-5(2)3-4;1-2-3/h3-4H,1-2H3;2-3H,1H3. The number of rotatable bonds is 1. The second-order valence-electron chi connectivity index (χ2n) is 1.32. The summed E-state index contributed by atoms with van der Waals surface area (Å²) in [5.74, 6) is 0. The van der Waals surface area contributed by atoms with Crippen molar-refractivity contribution in [2.24, 2.45) is 0 Å². The van der Waals surface area contributed by atoms with Gasteiger partial charge in [-0.25, -0.2) is 5.48 Å². The first-order valence-electron chi connectivity index (χ1n) is 2.16. The van der Waals surface area contributed by atoms with E-state index in [1.807, 2.05) is 14.1 Å². The Balaban J connectivity index is 0. The van der Waals surface area contributed by atoms with Gasteiger partial charge < -0.3 is 10.1 Å². The van der Waals surface area contributed by atoms with Gasteiger partial charge in [0.1, 0.15) is 0 Å². The van der Waals surface area contributed by atoms with Crippen molar-refractivity contribution in [2.75, 3.05) is 21.1 Å². The quantitative estimate of drug-likeness (QED) is 0.253. The third kappa shape index (κ3) is 53.8. The molecule has 0 radical (unpaired) electrons. The number of nitrogens with zero attached hydrogens (tertiary/aromatic N) is 1. The highest BCUT2D eigenvalue weighted by Crippen LogP contribution is 1.53. The van der Waals surface area contributed by atoms with Crippen LogP contribution in [0.1, 0.15) is 0 Å². The highest BCUT2D eigenvalue weighted by atomic mass is 16.5. The van der Waals surface area contributed by atoms with E-state index in [1.165, 1.54) is 13.4 Å². The summed E-state index contributed by atoms with van der Waals surface area (Å²) in [4.78, 5) is 1.67. The van der Waals surface area contributed by atoms with Crippen LogP contribution in [0.15, 0.2) is 0 Å². The minimum absolute atomic E-state index is 1.25. The molecule has 50 valence electrons. The van der Waals surface area contributed by atoms with Gasteiger partial charge in [0.2, 0.25) is 0 Å². The molecule has 0 bridgehead atoms. The normalized spacial score (nSPS) is 6.50. The number of nitrogens with one attached hydrogen (secondary N) is 2. The zero-order valence-electron chi connectivity index (χ0n) is 5.47. The third-order valence-corrected chi connectivity index (χ3v) is 0.258. The number of hydrogen-bond acceptors (Lipinski definition) is 3. The second kappa shape index (κ2) is 9.63. The molecule has 0 aliphatic heterocycles. The fourth-order valence-corrected chi connectivity index (χ4v) is 0. The maximum atomic E-state index is 7.32. The van der Waals surface area contributed by atoms with Crippen LogP contribution >= 0.6 is 0 Å². The summed E-state index contributed by atoms with van der Waals surface area (Å²) in [5.41, 5.74) is 1.75. The zero-order chi connectivity index (χ0) is 6.99. The first-order chi connectivity index (χ1) is 3.68. The molecule has 4 nitrogen and oxygen atoms in total. The molecule has 3 N–H and O–H groups in total. The molecule has 0 aromatic rings. The van der Waals surface area contributed by atoms with Crippen LogP contribution < -0.4 is 5.48 Å². The molecule has 0 unspecified atom stereocenters. The lowest BCUT2D eigenvalue weighted by Gasteiger charge is -1.96. The first kappa shape index (κ1) is 10.4. The predicted molar refractivity (Wildman–Crippen MR) is 33.3 cm³/mol. The molecular weight excluding hydrogens is 106 g/mol. The van der Waals surface area contributed by atoms with Crippen LogP contribution in [0, 0.1) is 5.41 Å². The average molecular weight is 119 g/mol. The molecule has 4 heteroatoms. The summed E-state index contributed by atoms with van der Waals surface area (Å²) in [5, 5.41) is 13.8. The Bertz CT molecular complexity index is 46.5. The number of hydroxylamine groups is 1. The monoisotopic (exact) mass is 119 g/mol. The fraction of sp³-hybridized carbons (Fsp3) is 0.750. The fourth-order valence-electron chi connectivity index (χ4n) is 0. The molecule has 0 fully saturated rings. The molecule has 0 aromatic carbocycles. The van der Waals surface area contributed by atoms with Crippen LogP contribution in [0.2, 0.25) is 0 Å². The Morgan fingerprint density at radius 2 is 1.75 bits per heavy atom. The van der Waals surface area contributed by atoms with Gasteiger partial charge in [0.15, 0.2) is 0 Å². The average Bonchev–Trinajstić information content (AvgIpc) is 1.69. The smallest absolute Gasteiger partial charge is 0.0812 e. The van der Waals surface area contributed by atoms with Gasteiger partial charge in [-0.3, -0.25) is 5.41 Å². The van der Waals surface area contributed by atoms with Crippen molar-refractivity contribution in [1.82, 2.24) is 10.4 Å². The van der Waals surface area contributed by atoms with Crippen molar-refractivity contribution in [3.63, 3.8) is 0 Å². The van der Waals surface area contributed by atoms with Gasteiger partial charge >= 0.3 is 0 Å². The van der Waals surface area contributed by atoms with Crippen molar-refractivity contribution in [1.29, 1.82) is 5.41 Å². The molecule has 0 aliphatic rings. The predicted octanol–water partition coefficient (Wildman–Crippen LogP) is -0.250. The molecule has 0 aromatic heterocycles. The lowest BCUT2D eigenvalue weighted by atomic mass is 11.0. The Morgan fingerprint density at radius 1 is 1.62 bits per heavy atom. The van der Waals surface area contributed by atoms with E-state index in [9.17, 15) is 0 Å². The minimum atomic E-state index is 1.25. The van der Waals surface area contributed by atoms with Gasteiger partial charge in [-0.05, 0) is 0 Å². The third-order valence-electron chi connectivity index (χ3n) is 0.258. The van der Waals surface area contributed by atoms with Gasteiger partial charge in [0, 0.05) is 21.1 Å². The Hall–Kier alpha value is -0.610. The van der Waals surface area contributed by atoms with E-state index in [4.69, 9.17) is 10.6 Å². The van der Waals surface area contributed by atoms with Gasteiger partial charge in [0.05, 0.1) is 6.34 Å². The second-order valence-corrected chi connectivity index (χ2v) is 1.32. The summed E-state index contributed by atoms with van der Waals surface area (Å²) in [6.45, 7) is 0. The van der Waals surface area contributed by atoms with E-state index in [0.29, 0.717) is 0 Å². The van der Waals surface area contributed by atoms with Gasteiger partial charge in [-0.1, -0.05) is 0 Å². The molecule has 0 aliphatic carbocycles. The van der Waals surface area contributed by atoms with Gasteiger partial charge in [0.25, 0.3) is 0 Å². The van der Waals surface area contributed by atoms with Crippen LogP contribution in [0.3, 0.4) is 0 Å². The van der Waals surface area contributed by atoms with E-state index in [2.05, 4.69) is 0 Å². The van der Waals surface area contributed by atoms with Crippen molar-refractivity contribution in [3.05, 3.63) is 0 Å². The van der Waals surface area contributed by atoms with Crippen LogP contribution in [0.5, 0.6) is 0 Å². The van der Waals surface area contributed by atoms with E-state index < -0.39 is 0 Å². The number of hydrogen-bond donors (Lipinski definition) is 3. The minimum Gasteiger partial charge on any atom is -0.369 e. The topological polar surface area (TPSA) is 59.4 Å². The molecule has 0 saturated carbocycles. The molecular formula is C4H13N3O. The van der Waals surface area contributed by atoms with E-state index >= 15 is 0 Å². The summed E-state index contributed by atoms with van der Waals surface area (Å²) in [6.07, 6.45) is 1.25. The van der Waals surface area contributed by atoms with Gasteiger partial charge in [-0.2, -0.15) is 0 Å². The van der Waals surface area contributed by atoms with Crippen LogP contribution in [-0.2, 0) is 0 Å². The van der Waals surface area contributed by atoms with E-state index in [0.717, 1.165) is 0 Å². The first-order valence-corrected chi connectivity index (χ1v) is 2.16. The summed E-state index contributed by atoms with van der Waals surface area (Å²) >= 11 is 0. The van der Waals surface area contributed by atoms with E-state index in [-0.39, 0.29) is 0 Å². The van der Waals surface area contributed by atoms with Crippen molar-refractivity contribution >= 4 is 6.34 Å². The molecule has 0 heterocycles. The summed E-state index contributed by atoms with van der Waals surface area (Å²) < 4.78 is 0. The lowest BCUT2D eigenvalue weighted by molar-refractivity contribution is 0.194. The zero-order valence-corrected chi connectivity index (χ0v) is 5.47. The van der Waals surface area contributed by atoms with Crippen LogP contribution in [0.4, 0.5) is 0 Å². The SMILES string of the molecule is CN(C)C=N.CNO. The van der Waals surface area contributed by atoms with Crippen LogP contribution in [-0.4, -0.2) is 37.6 Å². The summed E-state index contributed by atoms with van der Waals surface area (Å²) in [6, 6.07) is 0. The van der Waals surface area contributed by atoms with Crippen LogP contribution in [0.25, 0.3) is 0 Å².